The Labute approximate surface area is 95.5 Å². The molecule has 1 unspecified atom stereocenters. The summed E-state index contributed by atoms with van der Waals surface area (Å²) in [7, 11) is -4.72. The molecule has 0 heterocycles. The molecule has 0 saturated heterocycles. The van der Waals surface area contributed by atoms with Gasteiger partial charge in [0.15, 0.2) is 0 Å². The minimum absolute atomic E-state index is 0.514. The van der Waals surface area contributed by atoms with Crippen LogP contribution < -0.4 is 0 Å². The van der Waals surface area contributed by atoms with Gasteiger partial charge < -0.3 is 24.7 Å². The van der Waals surface area contributed by atoms with Gasteiger partial charge in [-0.15, -0.1) is 0 Å². The van der Waals surface area contributed by atoms with Crippen LogP contribution in [-0.2, 0) is 23.4 Å². The predicted molar refractivity (Wildman–Crippen MR) is 51.7 cm³/mol. The van der Waals surface area contributed by atoms with Gasteiger partial charge in [-0.3, -0.25) is 4.52 Å². The van der Waals surface area contributed by atoms with Crippen molar-refractivity contribution in [1.82, 2.24) is 0 Å². The summed E-state index contributed by atoms with van der Waals surface area (Å²) in [4.78, 5) is 37.6. The number of carbonyl (C=O) groups excluding carboxylic acids is 1. The Morgan fingerprint density at radius 2 is 1.88 bits per heavy atom. The fourth-order valence-corrected chi connectivity index (χ4v) is 1.01. The van der Waals surface area contributed by atoms with E-state index in [1.54, 1.807) is 0 Å². The van der Waals surface area contributed by atoms with Crippen molar-refractivity contribution in [1.29, 1.82) is 0 Å². The van der Waals surface area contributed by atoms with Gasteiger partial charge in [-0.2, -0.15) is 0 Å². The summed E-state index contributed by atoms with van der Waals surface area (Å²) >= 11 is 0. The lowest BCUT2D eigenvalue weighted by Gasteiger charge is -2.14. The molecule has 10 heteroatoms. The van der Waals surface area contributed by atoms with E-state index in [1.807, 2.05) is 0 Å². The normalized spacial score (nSPS) is 13.6. The number of aliphatic carboxylic acids is 1. The number of carboxylic acids is 1. The van der Waals surface area contributed by atoms with Crippen molar-refractivity contribution >= 4 is 19.8 Å². The molecule has 0 aromatic rings. The number of aliphatic hydroxyl groups is 1. The van der Waals surface area contributed by atoms with Crippen LogP contribution in [0.4, 0.5) is 0 Å². The van der Waals surface area contributed by atoms with Gasteiger partial charge in [-0.25, -0.2) is 14.2 Å². The molecule has 0 spiro atoms. The largest absolute Gasteiger partial charge is 0.478 e. The molecule has 0 aromatic carbocycles. The van der Waals surface area contributed by atoms with Gasteiger partial charge in [0.05, 0.1) is 13.2 Å². The van der Waals surface area contributed by atoms with Gasteiger partial charge in [0.25, 0.3) is 0 Å². The zero-order chi connectivity index (χ0) is 13.5. The summed E-state index contributed by atoms with van der Waals surface area (Å²) in [6.07, 6.45) is -0.197. The Balaban J connectivity index is 4.17. The first kappa shape index (κ1) is 15.8. The monoisotopic (exact) mass is 270 g/mol. The first-order valence-corrected chi connectivity index (χ1v) is 5.70. The number of phosphoric acid groups is 1. The number of aliphatic hydroxyl groups excluding tert-OH is 1. The predicted octanol–water partition coefficient (Wildman–Crippen LogP) is -1.36. The van der Waals surface area contributed by atoms with Gasteiger partial charge in [-0.05, 0) is 0 Å². The Morgan fingerprint density at radius 3 is 2.29 bits per heavy atom. The molecular formula is C7H11O9P. The average molecular weight is 270 g/mol. The second-order valence-corrected chi connectivity index (χ2v) is 3.94. The molecule has 4 N–H and O–H groups in total. The van der Waals surface area contributed by atoms with Gasteiger partial charge in [0, 0.05) is 12.2 Å². The van der Waals surface area contributed by atoms with Crippen molar-refractivity contribution in [2.75, 3.05) is 13.2 Å². The SMILES string of the molecule is O=C(O)C=CC(=O)OC(CO)COP(=O)(O)O. The van der Waals surface area contributed by atoms with E-state index in [0.29, 0.717) is 12.2 Å². The number of hydrogen-bond acceptors (Lipinski definition) is 6. The van der Waals surface area contributed by atoms with Gasteiger partial charge in [-0.1, -0.05) is 0 Å². The Bertz CT molecular complexity index is 343. The molecule has 17 heavy (non-hydrogen) atoms. The maximum atomic E-state index is 10.9. The molecule has 0 rings (SSSR count). The smallest absolute Gasteiger partial charge is 0.469 e. The molecule has 0 radical (unpaired) electrons. The molecule has 0 aliphatic rings. The van der Waals surface area contributed by atoms with E-state index in [-0.39, 0.29) is 0 Å². The summed E-state index contributed by atoms with van der Waals surface area (Å²) in [5.41, 5.74) is 0. The Kier molecular flexibility index (Phi) is 6.62. The summed E-state index contributed by atoms with van der Waals surface area (Å²) in [6.45, 7) is -1.44. The summed E-state index contributed by atoms with van der Waals surface area (Å²) in [5, 5.41) is 16.9. The highest BCUT2D eigenvalue weighted by atomic mass is 31.2. The van der Waals surface area contributed by atoms with E-state index in [2.05, 4.69) is 9.26 Å². The van der Waals surface area contributed by atoms with E-state index < -0.39 is 39.1 Å². The number of hydrogen-bond donors (Lipinski definition) is 4. The van der Waals surface area contributed by atoms with Crippen LogP contribution in [0.3, 0.4) is 0 Å². The quantitative estimate of drug-likeness (QED) is 0.250. The number of ether oxygens (including phenoxy) is 1. The third-order valence-electron chi connectivity index (χ3n) is 1.28. The zero-order valence-electron chi connectivity index (χ0n) is 8.42. The molecule has 0 aromatic heterocycles. The first-order chi connectivity index (χ1) is 7.74. The zero-order valence-corrected chi connectivity index (χ0v) is 9.32. The fraction of sp³-hybridized carbons (Fsp3) is 0.429. The van der Waals surface area contributed by atoms with E-state index in [0.717, 1.165) is 0 Å². The molecule has 9 nitrogen and oxygen atoms in total. The maximum absolute atomic E-state index is 10.9. The second kappa shape index (κ2) is 7.15. The number of esters is 1. The molecule has 0 fully saturated rings. The van der Waals surface area contributed by atoms with Crippen LogP contribution in [0.25, 0.3) is 0 Å². The maximum Gasteiger partial charge on any atom is 0.469 e. The fourth-order valence-electron chi connectivity index (χ4n) is 0.647. The van der Waals surface area contributed by atoms with Crippen molar-refractivity contribution in [3.63, 3.8) is 0 Å². The lowest BCUT2D eigenvalue weighted by atomic mass is 10.4. The van der Waals surface area contributed by atoms with Crippen LogP contribution >= 0.6 is 7.82 Å². The number of rotatable bonds is 7. The molecule has 98 valence electrons. The van der Waals surface area contributed by atoms with Crippen LogP contribution in [-0.4, -0.2) is 51.3 Å². The lowest BCUT2D eigenvalue weighted by Crippen LogP contribution is -2.26. The van der Waals surface area contributed by atoms with Crippen LogP contribution in [0.5, 0.6) is 0 Å². The first-order valence-electron chi connectivity index (χ1n) is 4.17. The van der Waals surface area contributed by atoms with Gasteiger partial charge in [0.1, 0.15) is 6.10 Å². The highest BCUT2D eigenvalue weighted by Gasteiger charge is 2.19. The number of carbonyl (C=O) groups is 2. The van der Waals surface area contributed by atoms with Crippen molar-refractivity contribution < 1.29 is 43.4 Å². The number of phosphoric ester groups is 1. The van der Waals surface area contributed by atoms with Crippen molar-refractivity contribution in [3.05, 3.63) is 12.2 Å². The molecular weight excluding hydrogens is 259 g/mol. The van der Waals surface area contributed by atoms with E-state index in [4.69, 9.17) is 20.0 Å². The third kappa shape index (κ3) is 9.67. The van der Waals surface area contributed by atoms with Crippen molar-refractivity contribution in [2.45, 2.75) is 6.10 Å². The molecule has 1 atom stereocenters. The third-order valence-corrected chi connectivity index (χ3v) is 1.76. The summed E-state index contributed by atoms with van der Waals surface area (Å²) in [5.74, 6) is -2.45. The van der Waals surface area contributed by atoms with Crippen LogP contribution in [0.15, 0.2) is 12.2 Å². The Hall–Kier alpha value is -1.25. The topological polar surface area (TPSA) is 151 Å². The average Bonchev–Trinajstić information content (AvgIpc) is 2.19. The van der Waals surface area contributed by atoms with E-state index >= 15 is 0 Å². The minimum Gasteiger partial charge on any atom is -0.478 e. The van der Waals surface area contributed by atoms with Crippen LogP contribution in [0.2, 0.25) is 0 Å². The Morgan fingerprint density at radius 1 is 1.29 bits per heavy atom. The lowest BCUT2D eigenvalue weighted by molar-refractivity contribution is -0.147. The van der Waals surface area contributed by atoms with Gasteiger partial charge in [0.2, 0.25) is 0 Å². The molecule has 0 aliphatic heterocycles. The minimum atomic E-state index is -4.72. The molecule has 0 saturated carbocycles. The highest BCUT2D eigenvalue weighted by Crippen LogP contribution is 2.35. The van der Waals surface area contributed by atoms with E-state index in [1.165, 1.54) is 0 Å². The summed E-state index contributed by atoms with van der Waals surface area (Å²) in [6, 6.07) is 0. The van der Waals surface area contributed by atoms with Gasteiger partial charge >= 0.3 is 19.8 Å². The van der Waals surface area contributed by atoms with Crippen LogP contribution in [0, 0.1) is 0 Å². The summed E-state index contributed by atoms with van der Waals surface area (Å²) < 4.78 is 18.7. The number of carboxylic acid groups (broad SMARTS) is 1. The standard InChI is InChI=1S/C7H11O9P/c8-3-5(4-15-17(12,13)14)16-7(11)2-1-6(9)10/h1-2,5,8H,3-4H2,(H,9,10)(H2,12,13,14). The van der Waals surface area contributed by atoms with Crippen molar-refractivity contribution in [2.24, 2.45) is 0 Å². The van der Waals surface area contributed by atoms with E-state index in [9.17, 15) is 14.2 Å². The highest BCUT2D eigenvalue weighted by molar-refractivity contribution is 7.46. The van der Waals surface area contributed by atoms with Crippen LogP contribution in [0.1, 0.15) is 0 Å². The van der Waals surface area contributed by atoms with Crippen molar-refractivity contribution in [3.8, 4) is 0 Å². The molecule has 0 aliphatic carbocycles. The second-order valence-electron chi connectivity index (χ2n) is 2.70. The molecule has 0 amide bonds. The molecule has 0 bridgehead atoms.